The fourth-order valence-corrected chi connectivity index (χ4v) is 10.1. The minimum atomic E-state index is -3.94. The Balaban J connectivity index is 1.31. The van der Waals surface area contributed by atoms with Crippen LogP contribution in [-0.2, 0) is 53.6 Å². The average Bonchev–Trinajstić information content (AvgIpc) is 3.94. The number of Topliss-reactive ketones (excluding diaryl/α,β-unsaturated/α-hetero) is 1. The topological polar surface area (TPSA) is 189 Å². The highest BCUT2D eigenvalue weighted by molar-refractivity contribution is 8.07. The molecule has 2 fully saturated rings. The van der Waals surface area contributed by atoms with Gasteiger partial charge >= 0.3 is 12.7 Å². The molecule has 0 spiro atoms. The Hall–Kier alpha value is -4.86. The normalized spacial score (nSPS) is 24.1. The van der Waals surface area contributed by atoms with E-state index in [4.69, 9.17) is 50.6 Å². The van der Waals surface area contributed by atoms with E-state index in [1.807, 2.05) is 13.0 Å². The summed E-state index contributed by atoms with van der Waals surface area (Å²) in [4.78, 5) is 58.3. The summed E-state index contributed by atoms with van der Waals surface area (Å²) in [6.45, 7) is 16.6. The predicted molar refractivity (Wildman–Crippen MR) is 243 cm³/mol. The van der Waals surface area contributed by atoms with Gasteiger partial charge in [-0.3, -0.25) is 23.7 Å². The molecule has 1 aromatic carbocycles. The number of rotatable bonds is 18. The molecule has 3 aromatic heterocycles. The van der Waals surface area contributed by atoms with Gasteiger partial charge in [-0.1, -0.05) is 57.7 Å². The number of anilines is 1. The Bertz CT molecular complexity index is 2460. The van der Waals surface area contributed by atoms with Crippen molar-refractivity contribution in [1.82, 2.24) is 24.5 Å². The molecule has 0 bridgehead atoms. The number of esters is 1. The van der Waals surface area contributed by atoms with Crippen LogP contribution in [0.4, 0.5) is 10.2 Å². The molecule has 1 N–H and O–H groups in total. The lowest BCUT2D eigenvalue weighted by Gasteiger charge is -2.41. The van der Waals surface area contributed by atoms with Crippen LogP contribution in [0.15, 0.2) is 67.5 Å². The Morgan fingerprint density at radius 1 is 1.03 bits per heavy atom. The van der Waals surface area contributed by atoms with Crippen LogP contribution in [0.5, 0.6) is 0 Å². The van der Waals surface area contributed by atoms with Crippen molar-refractivity contribution >= 4 is 61.5 Å². The molecule has 5 heterocycles. The summed E-state index contributed by atoms with van der Waals surface area (Å²) in [7, 11) is -2.49. The van der Waals surface area contributed by atoms with Gasteiger partial charge in [0.25, 0.3) is 5.91 Å². The minimum Gasteiger partial charge on any atom is -0.456 e. The summed E-state index contributed by atoms with van der Waals surface area (Å²) in [5.41, 5.74) is 1.26. The van der Waals surface area contributed by atoms with Crippen LogP contribution in [0.25, 0.3) is 16.0 Å². The highest BCUT2D eigenvalue weighted by Gasteiger charge is 2.53. The fourth-order valence-electron chi connectivity index (χ4n) is 6.73. The molecule has 1 unspecified atom stereocenters. The Kier molecular flexibility index (Phi) is 16.5. The molecular formula is C44H53FN7O10PSSi. The number of pyridine rings is 1. The minimum absolute atomic E-state index is 0.0676. The second-order valence-electron chi connectivity index (χ2n) is 16.9. The van der Waals surface area contributed by atoms with Crippen molar-refractivity contribution in [2.24, 2.45) is 0 Å². The monoisotopic (exact) mass is 949 g/mol. The van der Waals surface area contributed by atoms with Crippen molar-refractivity contribution in [1.29, 1.82) is 0 Å². The Morgan fingerprint density at radius 3 is 2.48 bits per heavy atom. The van der Waals surface area contributed by atoms with Gasteiger partial charge in [-0.05, 0) is 67.5 Å². The van der Waals surface area contributed by atoms with E-state index in [2.05, 4.69) is 75.8 Å². The van der Waals surface area contributed by atoms with Crippen molar-refractivity contribution in [2.75, 3.05) is 25.1 Å². The molecular weight excluding hydrogens is 897 g/mol. The van der Waals surface area contributed by atoms with Crippen LogP contribution in [0, 0.1) is 18.4 Å². The first-order valence-electron chi connectivity index (χ1n) is 21.1. The van der Waals surface area contributed by atoms with E-state index in [9.17, 15) is 14.4 Å². The van der Waals surface area contributed by atoms with Crippen molar-refractivity contribution in [3.05, 3.63) is 90.1 Å². The second-order valence-corrected chi connectivity index (χ2v) is 24.6. The maximum atomic E-state index is 16.9. The van der Waals surface area contributed by atoms with Gasteiger partial charge in [0.1, 0.15) is 43.1 Å². The molecule has 2 saturated heterocycles. The fraction of sp³-hybridized carbons (Fsp3) is 0.500. The van der Waals surface area contributed by atoms with E-state index >= 15 is 4.39 Å². The predicted octanol–water partition coefficient (Wildman–Crippen LogP) is 7.17. The number of halogens is 1. The molecule has 65 heavy (non-hydrogen) atoms. The molecule has 1 amide bonds. The summed E-state index contributed by atoms with van der Waals surface area (Å²) in [6.07, 6.45) is -3.55. The van der Waals surface area contributed by atoms with E-state index in [1.165, 1.54) is 24.1 Å². The maximum Gasteiger partial charge on any atom is 0.328 e. The summed E-state index contributed by atoms with van der Waals surface area (Å²) < 4.78 is 62.8. The smallest absolute Gasteiger partial charge is 0.328 e. The van der Waals surface area contributed by atoms with Crippen molar-refractivity contribution in [3.8, 4) is 11.8 Å². The third-order valence-corrected chi connectivity index (χ3v) is 18.0. The molecule has 2 aliphatic rings. The number of nitrogens with one attached hydrogen (secondary N) is 1. The number of carbonyl (C=O) groups excluding carboxylic acids is 3. The highest BCUT2D eigenvalue weighted by atomic mass is 32.5. The number of ether oxygens (including phenoxy) is 3. The van der Waals surface area contributed by atoms with Crippen LogP contribution < -0.4 is 5.32 Å². The molecule has 17 nitrogen and oxygen atoms in total. The Labute approximate surface area is 383 Å². The first-order chi connectivity index (χ1) is 30.9. The van der Waals surface area contributed by atoms with Crippen LogP contribution in [0.1, 0.15) is 76.0 Å². The van der Waals surface area contributed by atoms with Gasteiger partial charge in [-0.15, -0.1) is 0 Å². The SMILES string of the molecule is [C-]#[N+]CCOP(=S)(OC[C@H]1O[C@@H](n2cnc3c(NC(=O)c4ccccc4)ncnc32)[C@H](F)[C@@H]1OC(=O)CCC(C)=O)O[C@@H]1[C@H](O[Si](C)(C)C(C)(C)C)[C@@H](CC)O[C@H]1C#Cc1cccnc1. The van der Waals surface area contributed by atoms with E-state index in [0.29, 0.717) is 17.5 Å². The highest BCUT2D eigenvalue weighted by Crippen LogP contribution is 2.55. The molecule has 0 saturated carbocycles. The van der Waals surface area contributed by atoms with Crippen LogP contribution >= 0.6 is 6.72 Å². The van der Waals surface area contributed by atoms with E-state index in [-0.39, 0.29) is 53.8 Å². The molecule has 0 aliphatic carbocycles. The molecule has 21 heteroatoms. The summed E-state index contributed by atoms with van der Waals surface area (Å²) >= 11 is 6.06. The molecule has 0 radical (unpaired) electrons. The maximum absolute atomic E-state index is 16.9. The van der Waals surface area contributed by atoms with Gasteiger partial charge in [0, 0.05) is 29.9 Å². The number of carbonyl (C=O) groups is 3. The zero-order valence-corrected chi connectivity index (χ0v) is 39.9. The van der Waals surface area contributed by atoms with Gasteiger partial charge in [0.15, 0.2) is 43.8 Å². The van der Waals surface area contributed by atoms with Crippen LogP contribution in [-0.4, -0.2) is 113 Å². The first kappa shape index (κ1) is 49.6. The molecule has 346 valence electrons. The summed E-state index contributed by atoms with van der Waals surface area (Å²) in [6, 6.07) is 12.1. The number of imidazole rings is 1. The number of aromatic nitrogens is 5. The summed E-state index contributed by atoms with van der Waals surface area (Å²) in [5, 5.41) is 2.52. The van der Waals surface area contributed by atoms with Gasteiger partial charge < -0.3 is 42.6 Å². The quantitative estimate of drug-likeness (QED) is 0.0264. The van der Waals surface area contributed by atoms with Crippen molar-refractivity contribution < 1.29 is 51.0 Å². The Morgan fingerprint density at radius 2 is 1.80 bits per heavy atom. The lowest BCUT2D eigenvalue weighted by molar-refractivity contribution is -0.155. The molecule has 9 atom stereocenters. The zero-order chi connectivity index (χ0) is 46.9. The van der Waals surface area contributed by atoms with E-state index < -0.39 is 82.5 Å². The van der Waals surface area contributed by atoms with Crippen LogP contribution in [0.3, 0.4) is 0 Å². The number of hydrogen-bond acceptors (Lipinski definition) is 15. The lowest BCUT2D eigenvalue weighted by Crippen LogP contribution is -2.49. The second kappa shape index (κ2) is 21.6. The largest absolute Gasteiger partial charge is 0.456 e. The summed E-state index contributed by atoms with van der Waals surface area (Å²) in [5.74, 6) is 4.81. The van der Waals surface area contributed by atoms with E-state index in [0.717, 1.165) is 0 Å². The van der Waals surface area contributed by atoms with Gasteiger partial charge in [-0.2, -0.15) is 0 Å². The van der Waals surface area contributed by atoms with Gasteiger partial charge in [0.2, 0.25) is 6.54 Å². The number of ketones is 1. The standard InChI is InChI=1S/C44H53FN7O10PSSi/c1-9-31-39(62-65(7,8)44(3,4)5)38(32(58-31)19-18-29-14-13-21-47-24-29)61-63(64,56-23-22-46-6)57-25-33-37(60-34(54)20-17-28(2)53)35(45)43(59-33)52-27-50-36-40(48-26-49-41(36)52)51-42(55)30-15-11-10-12-16-30/h10-16,21,24,26-27,31-33,35,37-39,43H,9,17,20,22-23,25H2,1-5,7-8H3,(H,48,49,51,55)/t31-,32+,33-,35-,37-,38+,39-,43-,63?/m1/s1. The number of fused-ring (bicyclic) bond motifs is 1. The molecule has 4 aromatic rings. The number of nitrogens with zero attached hydrogens (tertiary/aromatic N) is 6. The van der Waals surface area contributed by atoms with Crippen molar-refractivity contribution in [2.45, 2.75) is 121 Å². The number of amides is 1. The third kappa shape index (κ3) is 12.3. The molecule has 2 aliphatic heterocycles. The van der Waals surface area contributed by atoms with E-state index in [1.54, 1.807) is 48.8 Å². The molecule has 6 rings (SSSR count). The lowest BCUT2D eigenvalue weighted by atomic mass is 10.1. The number of hydrogen-bond donors (Lipinski definition) is 1. The number of alkyl halides is 1. The number of benzene rings is 1. The average molecular weight is 950 g/mol. The van der Waals surface area contributed by atoms with Crippen LogP contribution in [0.2, 0.25) is 18.1 Å². The van der Waals surface area contributed by atoms with Gasteiger partial charge in [-0.25, -0.2) is 25.9 Å². The van der Waals surface area contributed by atoms with Gasteiger partial charge in [0.05, 0.1) is 25.5 Å². The first-order valence-corrected chi connectivity index (χ1v) is 26.6. The third-order valence-electron chi connectivity index (χ3n) is 11.2. The van der Waals surface area contributed by atoms with Crippen molar-refractivity contribution in [3.63, 3.8) is 0 Å². The zero-order valence-electron chi connectivity index (χ0n) is 37.2.